The maximum atomic E-state index is 13.2. The molecule has 1 fully saturated rings. The van der Waals surface area contributed by atoms with Crippen LogP contribution in [0, 0.1) is 0 Å². The van der Waals surface area contributed by atoms with Gasteiger partial charge in [-0.15, -0.1) is 0 Å². The van der Waals surface area contributed by atoms with Crippen molar-refractivity contribution < 1.29 is 13.2 Å². The lowest BCUT2D eigenvalue weighted by Gasteiger charge is -2.32. The Hall–Kier alpha value is -3.93. The van der Waals surface area contributed by atoms with Crippen LogP contribution < -0.4 is 21.3 Å². The molecule has 9 nitrogen and oxygen atoms in total. The molecule has 1 aliphatic heterocycles. The van der Waals surface area contributed by atoms with Crippen molar-refractivity contribution in [3.63, 3.8) is 0 Å². The molecular formula is C24H26F3N9. The largest absolute Gasteiger partial charge is 0.417 e. The van der Waals surface area contributed by atoms with Crippen LogP contribution in [0.2, 0.25) is 0 Å². The average Bonchev–Trinajstić information content (AvgIpc) is 3.28. The third-order valence-electron chi connectivity index (χ3n) is 6.24. The van der Waals surface area contributed by atoms with E-state index in [1.54, 1.807) is 6.20 Å². The second kappa shape index (κ2) is 9.26. The van der Waals surface area contributed by atoms with Crippen LogP contribution in [0.5, 0.6) is 0 Å². The van der Waals surface area contributed by atoms with Gasteiger partial charge in [-0.25, -0.2) is 19.9 Å². The first-order valence-corrected chi connectivity index (χ1v) is 11.6. The van der Waals surface area contributed by atoms with Gasteiger partial charge < -0.3 is 26.3 Å². The monoisotopic (exact) mass is 497 g/mol. The Labute approximate surface area is 205 Å². The summed E-state index contributed by atoms with van der Waals surface area (Å²) < 4.78 is 39.7. The number of aromatic amines is 1. The van der Waals surface area contributed by atoms with Gasteiger partial charge in [0.1, 0.15) is 17.2 Å². The summed E-state index contributed by atoms with van der Waals surface area (Å²) >= 11 is 0. The molecule has 2 atom stereocenters. The molecule has 0 saturated carbocycles. The summed E-state index contributed by atoms with van der Waals surface area (Å²) in [6.07, 6.45) is 1.08. The third kappa shape index (κ3) is 4.76. The first-order chi connectivity index (χ1) is 17.2. The molecule has 0 aliphatic carbocycles. The van der Waals surface area contributed by atoms with Gasteiger partial charge in [0, 0.05) is 55.2 Å². The zero-order valence-corrected chi connectivity index (χ0v) is 19.8. The fourth-order valence-electron chi connectivity index (χ4n) is 4.29. The van der Waals surface area contributed by atoms with Crippen molar-refractivity contribution in [3.05, 3.63) is 54.1 Å². The molecule has 12 heteroatoms. The second-order valence-corrected chi connectivity index (χ2v) is 8.93. The molecule has 0 bridgehead atoms. The summed E-state index contributed by atoms with van der Waals surface area (Å²) in [4.78, 5) is 22.4. The summed E-state index contributed by atoms with van der Waals surface area (Å²) in [5.74, 6) is 1.22. The molecule has 1 saturated heterocycles. The molecule has 0 spiro atoms. The van der Waals surface area contributed by atoms with Crippen molar-refractivity contribution in [1.29, 1.82) is 0 Å². The number of nitrogens with two attached hydrogens (primary N) is 1. The van der Waals surface area contributed by atoms with Gasteiger partial charge in [0.05, 0.1) is 23.5 Å². The van der Waals surface area contributed by atoms with E-state index in [-0.39, 0.29) is 17.1 Å². The zero-order valence-electron chi connectivity index (χ0n) is 19.8. The number of alkyl halides is 3. The van der Waals surface area contributed by atoms with Gasteiger partial charge in [-0.3, -0.25) is 0 Å². The number of fused-ring (bicyclic) bond motifs is 1. The Morgan fingerprint density at radius 1 is 1.17 bits per heavy atom. The van der Waals surface area contributed by atoms with Crippen LogP contribution in [-0.4, -0.2) is 50.6 Å². The molecule has 4 aromatic heterocycles. The van der Waals surface area contributed by atoms with E-state index in [2.05, 4.69) is 47.4 Å². The summed E-state index contributed by atoms with van der Waals surface area (Å²) in [6.45, 7) is 6.82. The highest BCUT2D eigenvalue weighted by molar-refractivity contribution is 5.95. The van der Waals surface area contributed by atoms with Gasteiger partial charge in [0.2, 0.25) is 5.95 Å². The van der Waals surface area contributed by atoms with E-state index in [0.717, 1.165) is 43.3 Å². The Morgan fingerprint density at radius 3 is 2.72 bits per heavy atom. The molecular weight excluding hydrogens is 471 g/mol. The van der Waals surface area contributed by atoms with E-state index in [1.165, 1.54) is 6.20 Å². The van der Waals surface area contributed by atoms with Crippen LogP contribution in [-0.2, 0) is 6.18 Å². The summed E-state index contributed by atoms with van der Waals surface area (Å²) in [6, 6.07) is 5.28. The number of nitrogen functional groups attached to an aromatic ring is 1. The molecule has 5 N–H and O–H groups in total. The van der Waals surface area contributed by atoms with Gasteiger partial charge in [-0.2, -0.15) is 13.2 Å². The standard InChI is InChI=1S/C24H26F3N9/c1-13-12-36(6-5-29-13)20-4-3-15(8-30-20)14(2)34-23-33-11-19(28)21(35-23)18-10-32-22-17(18)7-16(9-31-22)24(25,26)27/h3-4,7-11,13-14,29H,5-6,12,28H2,1-2H3,(H,31,32)(H,33,34,35)/t13-,14+/m0/s1. The van der Waals surface area contributed by atoms with E-state index in [1.807, 2.05) is 25.3 Å². The number of nitrogens with zero attached hydrogens (tertiary/aromatic N) is 5. The number of rotatable bonds is 5. The number of hydrogen-bond donors (Lipinski definition) is 4. The number of anilines is 3. The molecule has 5 heterocycles. The Bertz CT molecular complexity index is 1370. The van der Waals surface area contributed by atoms with E-state index < -0.39 is 11.7 Å². The van der Waals surface area contributed by atoms with Crippen LogP contribution in [0.25, 0.3) is 22.3 Å². The number of piperazine rings is 1. The van der Waals surface area contributed by atoms with Crippen LogP contribution in [0.4, 0.5) is 30.6 Å². The normalized spacial score (nSPS) is 17.4. The predicted molar refractivity (Wildman–Crippen MR) is 132 cm³/mol. The minimum absolute atomic E-state index is 0.175. The summed E-state index contributed by atoms with van der Waals surface area (Å²) in [7, 11) is 0. The number of hydrogen-bond acceptors (Lipinski definition) is 8. The summed E-state index contributed by atoms with van der Waals surface area (Å²) in [5, 5.41) is 6.92. The first kappa shape index (κ1) is 23.8. The van der Waals surface area contributed by atoms with Gasteiger partial charge in [-0.05, 0) is 31.5 Å². The minimum atomic E-state index is -4.51. The molecule has 188 valence electrons. The molecule has 0 radical (unpaired) electrons. The van der Waals surface area contributed by atoms with Crippen LogP contribution in [0.15, 0.2) is 43.0 Å². The lowest BCUT2D eigenvalue weighted by Crippen LogP contribution is -2.49. The fourth-order valence-corrected chi connectivity index (χ4v) is 4.29. The number of aromatic nitrogens is 5. The van der Waals surface area contributed by atoms with Gasteiger partial charge in [0.25, 0.3) is 0 Å². The highest BCUT2D eigenvalue weighted by Crippen LogP contribution is 2.35. The van der Waals surface area contributed by atoms with E-state index in [4.69, 9.17) is 5.73 Å². The Morgan fingerprint density at radius 2 is 2.00 bits per heavy atom. The topological polar surface area (TPSA) is 121 Å². The van der Waals surface area contributed by atoms with Crippen LogP contribution in [0.3, 0.4) is 0 Å². The van der Waals surface area contributed by atoms with E-state index >= 15 is 0 Å². The molecule has 4 aromatic rings. The van der Waals surface area contributed by atoms with Gasteiger partial charge in [-0.1, -0.05) is 6.07 Å². The van der Waals surface area contributed by atoms with E-state index in [0.29, 0.717) is 28.9 Å². The zero-order chi connectivity index (χ0) is 25.4. The second-order valence-electron chi connectivity index (χ2n) is 8.93. The number of pyridine rings is 2. The predicted octanol–water partition coefficient (Wildman–Crippen LogP) is 3.99. The van der Waals surface area contributed by atoms with Crippen LogP contribution >= 0.6 is 0 Å². The van der Waals surface area contributed by atoms with Gasteiger partial charge in [0.15, 0.2) is 0 Å². The molecule has 36 heavy (non-hydrogen) atoms. The van der Waals surface area contributed by atoms with Crippen molar-refractivity contribution in [2.24, 2.45) is 0 Å². The average molecular weight is 498 g/mol. The van der Waals surface area contributed by atoms with Crippen molar-refractivity contribution in [2.75, 3.05) is 35.6 Å². The SMILES string of the molecule is C[C@H]1CN(c2ccc([C@@H](C)Nc3ncc(N)c(-c4c[nH]c5ncc(C(F)(F)F)cc45)n3)cn2)CCN1. The van der Waals surface area contributed by atoms with Crippen molar-refractivity contribution in [3.8, 4) is 11.3 Å². The Balaban J connectivity index is 1.38. The maximum absolute atomic E-state index is 13.2. The fraction of sp³-hybridized carbons (Fsp3) is 0.333. The summed E-state index contributed by atoms with van der Waals surface area (Å²) in [5.41, 5.74) is 7.47. The maximum Gasteiger partial charge on any atom is 0.417 e. The lowest BCUT2D eigenvalue weighted by atomic mass is 10.1. The van der Waals surface area contributed by atoms with Crippen molar-refractivity contribution >= 4 is 28.5 Å². The molecule has 0 amide bonds. The lowest BCUT2D eigenvalue weighted by molar-refractivity contribution is -0.137. The molecule has 0 aromatic carbocycles. The first-order valence-electron chi connectivity index (χ1n) is 11.6. The molecule has 0 unspecified atom stereocenters. The van der Waals surface area contributed by atoms with Gasteiger partial charge >= 0.3 is 6.18 Å². The molecule has 1 aliphatic rings. The smallest absolute Gasteiger partial charge is 0.396 e. The van der Waals surface area contributed by atoms with Crippen molar-refractivity contribution in [2.45, 2.75) is 32.1 Å². The van der Waals surface area contributed by atoms with Crippen LogP contribution in [0.1, 0.15) is 31.0 Å². The number of H-pyrrole nitrogens is 1. The minimum Gasteiger partial charge on any atom is -0.396 e. The molecule has 5 rings (SSSR count). The number of nitrogens with one attached hydrogen (secondary N) is 3. The van der Waals surface area contributed by atoms with E-state index in [9.17, 15) is 13.2 Å². The quantitative estimate of drug-likeness (QED) is 0.327. The highest BCUT2D eigenvalue weighted by Gasteiger charge is 2.31. The number of halogens is 3. The Kier molecular flexibility index (Phi) is 6.12. The van der Waals surface area contributed by atoms with Crippen molar-refractivity contribution in [1.82, 2.24) is 30.2 Å². The highest BCUT2D eigenvalue weighted by atomic mass is 19.4. The third-order valence-corrected chi connectivity index (χ3v) is 6.24.